The molecule has 0 aliphatic carbocycles. The summed E-state index contributed by atoms with van der Waals surface area (Å²) in [5, 5.41) is 6.87. The van der Waals surface area contributed by atoms with E-state index in [-0.39, 0.29) is 24.1 Å². The first-order valence-electron chi connectivity index (χ1n) is 8.05. The van der Waals surface area contributed by atoms with Crippen molar-refractivity contribution < 1.29 is 14.0 Å². The normalized spacial score (nSPS) is 15.9. The molecule has 1 aliphatic rings. The summed E-state index contributed by atoms with van der Waals surface area (Å²) in [6, 6.07) is 5.37. The molecule has 0 bridgehead atoms. The van der Waals surface area contributed by atoms with Crippen LogP contribution in [0.3, 0.4) is 0 Å². The molecule has 0 aromatic carbocycles. The summed E-state index contributed by atoms with van der Waals surface area (Å²) >= 11 is 1.71. The SMILES string of the molecule is O=C(NCC(=O)N1CCCN(Cc2ccsc2)CC1)c1ccco1. The van der Waals surface area contributed by atoms with Crippen molar-refractivity contribution in [3.8, 4) is 0 Å². The van der Waals surface area contributed by atoms with Gasteiger partial charge in [-0.1, -0.05) is 0 Å². The van der Waals surface area contributed by atoms with Crippen LogP contribution in [-0.2, 0) is 11.3 Å². The zero-order valence-corrected chi connectivity index (χ0v) is 14.3. The van der Waals surface area contributed by atoms with Crippen molar-refractivity contribution >= 4 is 23.2 Å². The fourth-order valence-corrected chi connectivity index (χ4v) is 3.44. The third kappa shape index (κ3) is 4.46. The fourth-order valence-electron chi connectivity index (χ4n) is 2.78. The molecule has 1 N–H and O–H groups in total. The van der Waals surface area contributed by atoms with Crippen LogP contribution in [0.5, 0.6) is 0 Å². The van der Waals surface area contributed by atoms with Crippen LogP contribution >= 0.6 is 11.3 Å². The number of amides is 2. The molecule has 7 heteroatoms. The average Bonchev–Trinajstić information content (AvgIpc) is 3.24. The first-order valence-corrected chi connectivity index (χ1v) is 8.99. The van der Waals surface area contributed by atoms with E-state index in [1.807, 2.05) is 4.90 Å². The average molecular weight is 347 g/mol. The van der Waals surface area contributed by atoms with Crippen molar-refractivity contribution in [1.82, 2.24) is 15.1 Å². The molecule has 0 spiro atoms. The lowest BCUT2D eigenvalue weighted by Gasteiger charge is -2.22. The number of furan rings is 1. The van der Waals surface area contributed by atoms with E-state index in [0.29, 0.717) is 6.54 Å². The molecule has 3 heterocycles. The monoisotopic (exact) mass is 347 g/mol. The van der Waals surface area contributed by atoms with Gasteiger partial charge >= 0.3 is 0 Å². The number of thiophene rings is 1. The number of carbonyl (C=O) groups excluding carboxylic acids is 2. The van der Waals surface area contributed by atoms with E-state index in [2.05, 4.69) is 27.0 Å². The van der Waals surface area contributed by atoms with Gasteiger partial charge in [-0.05, 0) is 40.9 Å². The first-order chi connectivity index (χ1) is 11.7. The van der Waals surface area contributed by atoms with Gasteiger partial charge in [-0.2, -0.15) is 11.3 Å². The number of carbonyl (C=O) groups is 2. The number of nitrogens with zero attached hydrogens (tertiary/aromatic N) is 2. The Labute approximate surface area is 145 Å². The van der Waals surface area contributed by atoms with Gasteiger partial charge in [-0.15, -0.1) is 0 Å². The smallest absolute Gasteiger partial charge is 0.287 e. The van der Waals surface area contributed by atoms with Gasteiger partial charge in [0.25, 0.3) is 5.91 Å². The summed E-state index contributed by atoms with van der Waals surface area (Å²) in [6.45, 7) is 4.20. The highest BCUT2D eigenvalue weighted by Gasteiger charge is 2.20. The van der Waals surface area contributed by atoms with Crippen LogP contribution in [0.25, 0.3) is 0 Å². The predicted octanol–water partition coefficient (Wildman–Crippen LogP) is 1.81. The number of hydrogen-bond donors (Lipinski definition) is 1. The zero-order valence-electron chi connectivity index (χ0n) is 13.4. The van der Waals surface area contributed by atoms with Crippen molar-refractivity contribution in [2.24, 2.45) is 0 Å². The van der Waals surface area contributed by atoms with E-state index in [4.69, 9.17) is 4.42 Å². The van der Waals surface area contributed by atoms with E-state index in [1.165, 1.54) is 11.8 Å². The molecule has 0 saturated carbocycles. The largest absolute Gasteiger partial charge is 0.459 e. The van der Waals surface area contributed by atoms with E-state index in [9.17, 15) is 9.59 Å². The van der Waals surface area contributed by atoms with Crippen molar-refractivity contribution in [3.63, 3.8) is 0 Å². The Morgan fingerprint density at radius 3 is 2.88 bits per heavy atom. The Kier molecular flexibility index (Phi) is 5.66. The molecule has 1 aliphatic heterocycles. The maximum atomic E-state index is 12.3. The Hall–Kier alpha value is -2.12. The molecule has 2 amide bonds. The predicted molar refractivity (Wildman–Crippen MR) is 91.8 cm³/mol. The minimum atomic E-state index is -0.359. The van der Waals surface area contributed by atoms with Crippen molar-refractivity contribution in [3.05, 3.63) is 46.5 Å². The quantitative estimate of drug-likeness (QED) is 0.896. The molecule has 128 valence electrons. The van der Waals surface area contributed by atoms with E-state index < -0.39 is 0 Å². The van der Waals surface area contributed by atoms with Gasteiger partial charge < -0.3 is 14.6 Å². The third-order valence-electron chi connectivity index (χ3n) is 4.07. The van der Waals surface area contributed by atoms with Crippen LogP contribution in [0.1, 0.15) is 22.5 Å². The summed E-state index contributed by atoms with van der Waals surface area (Å²) in [4.78, 5) is 28.3. The molecule has 2 aromatic heterocycles. The second-order valence-electron chi connectivity index (χ2n) is 5.80. The van der Waals surface area contributed by atoms with Gasteiger partial charge in [-0.25, -0.2) is 0 Å². The van der Waals surface area contributed by atoms with Gasteiger partial charge in [0.1, 0.15) is 0 Å². The highest BCUT2D eigenvalue weighted by molar-refractivity contribution is 7.07. The molecule has 2 aromatic rings. The van der Waals surface area contributed by atoms with E-state index in [0.717, 1.165) is 32.6 Å². The molecule has 6 nitrogen and oxygen atoms in total. The van der Waals surface area contributed by atoms with Crippen LogP contribution in [0.4, 0.5) is 0 Å². The second kappa shape index (κ2) is 8.12. The van der Waals surface area contributed by atoms with Crippen molar-refractivity contribution in [1.29, 1.82) is 0 Å². The Balaban J connectivity index is 1.45. The van der Waals surface area contributed by atoms with Gasteiger partial charge in [0.05, 0.1) is 12.8 Å². The molecule has 0 unspecified atom stereocenters. The van der Waals surface area contributed by atoms with Gasteiger partial charge in [0.2, 0.25) is 5.91 Å². The molecule has 0 atom stereocenters. The van der Waals surface area contributed by atoms with Crippen LogP contribution in [-0.4, -0.2) is 54.3 Å². The van der Waals surface area contributed by atoms with Crippen LogP contribution in [0.2, 0.25) is 0 Å². The lowest BCUT2D eigenvalue weighted by molar-refractivity contribution is -0.130. The van der Waals surface area contributed by atoms with Crippen LogP contribution in [0, 0.1) is 0 Å². The molecule has 1 fully saturated rings. The molecule has 1 saturated heterocycles. The standard InChI is InChI=1S/C17H21N3O3S/c21-16(11-18-17(22)15-3-1-9-23-15)20-6-2-5-19(7-8-20)12-14-4-10-24-13-14/h1,3-4,9-10,13H,2,5-8,11-12H2,(H,18,22). The maximum absolute atomic E-state index is 12.3. The Bertz CT molecular complexity index is 655. The third-order valence-corrected chi connectivity index (χ3v) is 4.80. The maximum Gasteiger partial charge on any atom is 0.287 e. The fraction of sp³-hybridized carbons (Fsp3) is 0.412. The molecule has 3 rings (SSSR count). The molecular weight excluding hydrogens is 326 g/mol. The van der Waals surface area contributed by atoms with Crippen LogP contribution in [0.15, 0.2) is 39.6 Å². The minimum Gasteiger partial charge on any atom is -0.459 e. The Morgan fingerprint density at radius 2 is 2.12 bits per heavy atom. The highest BCUT2D eigenvalue weighted by atomic mass is 32.1. The summed E-state index contributed by atoms with van der Waals surface area (Å²) in [5.74, 6) is -0.185. The molecule has 24 heavy (non-hydrogen) atoms. The van der Waals surface area contributed by atoms with E-state index >= 15 is 0 Å². The summed E-state index contributed by atoms with van der Waals surface area (Å²) in [5.41, 5.74) is 1.32. The Morgan fingerprint density at radius 1 is 1.21 bits per heavy atom. The first kappa shape index (κ1) is 16.7. The van der Waals surface area contributed by atoms with Gasteiger partial charge in [-0.3, -0.25) is 14.5 Å². The summed E-state index contributed by atoms with van der Waals surface area (Å²) < 4.78 is 5.01. The molecular formula is C17H21N3O3S. The number of hydrogen-bond acceptors (Lipinski definition) is 5. The zero-order chi connectivity index (χ0) is 16.8. The topological polar surface area (TPSA) is 65.8 Å². The van der Waals surface area contributed by atoms with E-state index in [1.54, 1.807) is 23.5 Å². The summed E-state index contributed by atoms with van der Waals surface area (Å²) in [7, 11) is 0. The highest BCUT2D eigenvalue weighted by Crippen LogP contribution is 2.12. The van der Waals surface area contributed by atoms with Gasteiger partial charge in [0.15, 0.2) is 5.76 Å². The number of nitrogens with one attached hydrogen (secondary N) is 1. The summed E-state index contributed by atoms with van der Waals surface area (Å²) in [6.07, 6.45) is 2.38. The van der Waals surface area contributed by atoms with Crippen molar-refractivity contribution in [2.75, 3.05) is 32.7 Å². The van der Waals surface area contributed by atoms with Gasteiger partial charge in [0, 0.05) is 32.7 Å². The second-order valence-corrected chi connectivity index (χ2v) is 6.58. The minimum absolute atomic E-state index is 0.00403. The van der Waals surface area contributed by atoms with Crippen LogP contribution < -0.4 is 5.32 Å². The lowest BCUT2D eigenvalue weighted by atomic mass is 10.3. The van der Waals surface area contributed by atoms with Crippen molar-refractivity contribution in [2.45, 2.75) is 13.0 Å². The molecule has 0 radical (unpaired) electrons. The number of rotatable bonds is 5. The lowest BCUT2D eigenvalue weighted by Crippen LogP contribution is -2.41.